The third-order valence-corrected chi connectivity index (χ3v) is 3.45. The number of nitrogens with zero attached hydrogens (tertiary/aromatic N) is 2. The van der Waals surface area contributed by atoms with Gasteiger partial charge in [0.25, 0.3) is 5.69 Å². The molecule has 2 rings (SSSR count). The summed E-state index contributed by atoms with van der Waals surface area (Å²) in [5, 5.41) is 13.9. The molecule has 1 heterocycles. The molecule has 1 saturated heterocycles. The van der Waals surface area contributed by atoms with E-state index in [-0.39, 0.29) is 16.7 Å². The summed E-state index contributed by atoms with van der Waals surface area (Å²) >= 11 is 0. The van der Waals surface area contributed by atoms with Gasteiger partial charge in [0.1, 0.15) is 0 Å². The maximum Gasteiger partial charge on any atom is 0.269 e. The molecule has 1 N–H and O–H groups in total. The molecule has 0 spiro atoms. The average Bonchev–Trinajstić information content (AvgIpc) is 2.44. The molecule has 20 heavy (non-hydrogen) atoms. The molecule has 0 amide bonds. The quantitative estimate of drug-likeness (QED) is 0.479. The van der Waals surface area contributed by atoms with Crippen molar-refractivity contribution in [1.29, 1.82) is 0 Å². The van der Waals surface area contributed by atoms with Crippen molar-refractivity contribution in [1.82, 2.24) is 10.2 Å². The maximum atomic E-state index is 10.5. The number of hydrogen-bond acceptors (Lipinski definition) is 5. The van der Waals surface area contributed by atoms with Gasteiger partial charge in [-0.2, -0.15) is 0 Å². The van der Waals surface area contributed by atoms with Crippen LogP contribution in [-0.2, 0) is 11.2 Å². The third-order valence-electron chi connectivity index (χ3n) is 3.45. The van der Waals surface area contributed by atoms with Crippen molar-refractivity contribution < 1.29 is 9.66 Å². The van der Waals surface area contributed by atoms with Crippen LogP contribution in [0.1, 0.15) is 5.56 Å². The van der Waals surface area contributed by atoms with Crippen LogP contribution in [0.2, 0.25) is 0 Å². The molecule has 1 aliphatic rings. The molecule has 110 valence electrons. The standard InChI is InChI=1S/C14H21N3O3/c1-16-8-9-20-14(11-16)10-15-7-6-12-2-4-13(5-3-12)17(18)19/h2-5,14-15H,6-11H2,1H3. The minimum atomic E-state index is -0.376. The second-order valence-corrected chi connectivity index (χ2v) is 5.13. The van der Waals surface area contributed by atoms with Gasteiger partial charge in [-0.25, -0.2) is 0 Å². The van der Waals surface area contributed by atoms with Crippen LogP contribution in [0.3, 0.4) is 0 Å². The van der Waals surface area contributed by atoms with Crippen LogP contribution in [0, 0.1) is 10.1 Å². The van der Waals surface area contributed by atoms with E-state index < -0.39 is 0 Å². The highest BCUT2D eigenvalue weighted by Gasteiger charge is 2.16. The largest absolute Gasteiger partial charge is 0.374 e. The molecule has 0 aromatic heterocycles. The molecule has 1 aliphatic heterocycles. The summed E-state index contributed by atoms with van der Waals surface area (Å²) in [7, 11) is 2.10. The highest BCUT2D eigenvalue weighted by Crippen LogP contribution is 2.12. The fourth-order valence-electron chi connectivity index (χ4n) is 2.27. The molecule has 6 heteroatoms. The number of likely N-dealkylation sites (N-methyl/N-ethyl adjacent to an activating group) is 1. The summed E-state index contributed by atoms with van der Waals surface area (Å²) in [5.41, 5.74) is 1.24. The van der Waals surface area contributed by atoms with Crippen LogP contribution in [0.4, 0.5) is 5.69 Å². The molecule has 1 unspecified atom stereocenters. The summed E-state index contributed by atoms with van der Waals surface area (Å²) in [6.07, 6.45) is 1.12. The Morgan fingerprint density at radius 3 is 2.85 bits per heavy atom. The highest BCUT2D eigenvalue weighted by atomic mass is 16.6. The maximum absolute atomic E-state index is 10.5. The lowest BCUT2D eigenvalue weighted by atomic mass is 10.1. The lowest BCUT2D eigenvalue weighted by Crippen LogP contribution is -2.45. The zero-order chi connectivity index (χ0) is 14.4. The van der Waals surface area contributed by atoms with E-state index in [0.29, 0.717) is 0 Å². The second kappa shape index (κ2) is 7.33. The molecule has 6 nitrogen and oxygen atoms in total. The highest BCUT2D eigenvalue weighted by molar-refractivity contribution is 5.32. The molecule has 1 fully saturated rings. The third kappa shape index (κ3) is 4.56. The van der Waals surface area contributed by atoms with E-state index in [0.717, 1.165) is 44.8 Å². The number of benzene rings is 1. The van der Waals surface area contributed by atoms with E-state index in [1.165, 1.54) is 0 Å². The Balaban J connectivity index is 1.66. The number of nitro benzene ring substituents is 1. The topological polar surface area (TPSA) is 67.6 Å². The first-order valence-corrected chi connectivity index (χ1v) is 6.89. The minimum Gasteiger partial charge on any atom is -0.374 e. The molecule has 0 bridgehead atoms. The fraction of sp³-hybridized carbons (Fsp3) is 0.571. The normalized spacial score (nSPS) is 19.9. The van der Waals surface area contributed by atoms with Gasteiger partial charge in [0.05, 0.1) is 17.6 Å². The number of nitro groups is 1. The van der Waals surface area contributed by atoms with Gasteiger partial charge in [-0.15, -0.1) is 0 Å². The number of nitrogens with one attached hydrogen (secondary N) is 1. The van der Waals surface area contributed by atoms with Crippen molar-refractivity contribution in [2.45, 2.75) is 12.5 Å². The Bertz CT molecular complexity index is 436. The van der Waals surface area contributed by atoms with Crippen LogP contribution in [0.15, 0.2) is 24.3 Å². The van der Waals surface area contributed by atoms with Gasteiger partial charge in [0, 0.05) is 31.8 Å². The SMILES string of the molecule is CN1CCOC(CNCCc2ccc([N+](=O)[O-])cc2)C1. The van der Waals surface area contributed by atoms with Gasteiger partial charge < -0.3 is 15.0 Å². The van der Waals surface area contributed by atoms with E-state index >= 15 is 0 Å². The first kappa shape index (κ1) is 14.9. The Morgan fingerprint density at radius 1 is 1.45 bits per heavy atom. The monoisotopic (exact) mass is 279 g/mol. The number of ether oxygens (including phenoxy) is 1. The van der Waals surface area contributed by atoms with Gasteiger partial charge in [-0.1, -0.05) is 12.1 Å². The lowest BCUT2D eigenvalue weighted by molar-refractivity contribution is -0.384. The van der Waals surface area contributed by atoms with Crippen LogP contribution in [0.5, 0.6) is 0 Å². The summed E-state index contributed by atoms with van der Waals surface area (Å²) < 4.78 is 5.66. The van der Waals surface area contributed by atoms with E-state index in [1.54, 1.807) is 12.1 Å². The lowest BCUT2D eigenvalue weighted by Gasteiger charge is -2.30. The molecule has 1 aromatic rings. The first-order chi connectivity index (χ1) is 9.65. The van der Waals surface area contributed by atoms with E-state index in [2.05, 4.69) is 17.3 Å². The summed E-state index contributed by atoms with van der Waals surface area (Å²) in [4.78, 5) is 12.4. The predicted molar refractivity (Wildman–Crippen MR) is 76.9 cm³/mol. The summed E-state index contributed by atoms with van der Waals surface area (Å²) in [6, 6.07) is 6.72. The van der Waals surface area contributed by atoms with Crippen LogP contribution in [0.25, 0.3) is 0 Å². The number of rotatable bonds is 6. The molecule has 1 atom stereocenters. The van der Waals surface area contributed by atoms with Gasteiger partial charge in [0.15, 0.2) is 0 Å². The van der Waals surface area contributed by atoms with E-state index in [1.807, 2.05) is 12.1 Å². The van der Waals surface area contributed by atoms with Crippen LogP contribution >= 0.6 is 0 Å². The number of non-ortho nitro benzene ring substituents is 1. The van der Waals surface area contributed by atoms with Gasteiger partial charge >= 0.3 is 0 Å². The van der Waals surface area contributed by atoms with Crippen molar-refractivity contribution in [3.8, 4) is 0 Å². The van der Waals surface area contributed by atoms with Crippen LogP contribution < -0.4 is 5.32 Å². The van der Waals surface area contributed by atoms with Crippen LogP contribution in [-0.4, -0.2) is 55.8 Å². The number of morpholine rings is 1. The van der Waals surface area contributed by atoms with Gasteiger partial charge in [-0.05, 0) is 25.6 Å². The Labute approximate surface area is 118 Å². The Hall–Kier alpha value is -1.50. The molecule has 0 saturated carbocycles. The van der Waals surface area contributed by atoms with Crippen molar-refractivity contribution >= 4 is 5.69 Å². The van der Waals surface area contributed by atoms with Gasteiger partial charge in [0.2, 0.25) is 0 Å². The number of hydrogen-bond donors (Lipinski definition) is 1. The van der Waals surface area contributed by atoms with E-state index in [9.17, 15) is 10.1 Å². The summed E-state index contributed by atoms with van der Waals surface area (Å²) in [5.74, 6) is 0. The molecular formula is C14H21N3O3. The summed E-state index contributed by atoms with van der Waals surface area (Å²) in [6.45, 7) is 4.45. The molecule has 0 radical (unpaired) electrons. The smallest absolute Gasteiger partial charge is 0.269 e. The van der Waals surface area contributed by atoms with Crippen molar-refractivity contribution in [3.63, 3.8) is 0 Å². The van der Waals surface area contributed by atoms with Gasteiger partial charge in [-0.3, -0.25) is 10.1 Å². The van der Waals surface area contributed by atoms with Crippen molar-refractivity contribution in [2.75, 3.05) is 39.8 Å². The van der Waals surface area contributed by atoms with E-state index in [4.69, 9.17) is 4.74 Å². The minimum absolute atomic E-state index is 0.139. The predicted octanol–water partition coefficient (Wildman–Crippen LogP) is 1.06. The van der Waals surface area contributed by atoms with Crippen molar-refractivity contribution in [3.05, 3.63) is 39.9 Å². The average molecular weight is 279 g/mol. The fourth-order valence-corrected chi connectivity index (χ4v) is 2.27. The molecule has 1 aromatic carbocycles. The Kier molecular flexibility index (Phi) is 5.46. The zero-order valence-electron chi connectivity index (χ0n) is 11.7. The Morgan fingerprint density at radius 2 is 2.20 bits per heavy atom. The van der Waals surface area contributed by atoms with Crippen molar-refractivity contribution in [2.24, 2.45) is 0 Å². The second-order valence-electron chi connectivity index (χ2n) is 5.13. The first-order valence-electron chi connectivity index (χ1n) is 6.89. The molecule has 0 aliphatic carbocycles. The molecular weight excluding hydrogens is 258 g/mol. The zero-order valence-corrected chi connectivity index (χ0v) is 11.7.